The maximum atomic E-state index is 6.09. The monoisotopic (exact) mass is 266 g/mol. The van der Waals surface area contributed by atoms with E-state index >= 15 is 0 Å². The van der Waals surface area contributed by atoms with E-state index in [1.807, 2.05) is 18.2 Å². The smallest absolute Gasteiger partial charge is 0.130 e. The molecule has 0 spiro atoms. The van der Waals surface area contributed by atoms with E-state index in [9.17, 15) is 0 Å². The van der Waals surface area contributed by atoms with Crippen molar-refractivity contribution in [2.24, 2.45) is 0 Å². The molecule has 0 saturated heterocycles. The molecule has 2 aromatic rings. The third kappa shape index (κ3) is 3.11. The summed E-state index contributed by atoms with van der Waals surface area (Å²) in [6.45, 7) is 8.41. The minimum Gasteiger partial charge on any atom is -0.457 e. The SMILES string of the molecule is C/C=C(\CC)c1ccc(C)c(Oc2ccccc2C)c1. The van der Waals surface area contributed by atoms with Crippen molar-refractivity contribution in [3.8, 4) is 11.5 Å². The number of aryl methyl sites for hydroxylation is 2. The lowest BCUT2D eigenvalue weighted by molar-refractivity contribution is 0.475. The van der Waals surface area contributed by atoms with Crippen LogP contribution < -0.4 is 4.74 Å². The van der Waals surface area contributed by atoms with Crippen LogP contribution in [-0.2, 0) is 0 Å². The maximum absolute atomic E-state index is 6.09. The largest absolute Gasteiger partial charge is 0.457 e. The molecule has 0 aliphatic heterocycles. The van der Waals surface area contributed by atoms with Crippen molar-refractivity contribution in [2.45, 2.75) is 34.1 Å². The lowest BCUT2D eigenvalue weighted by Gasteiger charge is -2.13. The van der Waals surface area contributed by atoms with Crippen molar-refractivity contribution in [1.29, 1.82) is 0 Å². The summed E-state index contributed by atoms with van der Waals surface area (Å²) in [7, 11) is 0. The van der Waals surface area contributed by atoms with Gasteiger partial charge in [-0.3, -0.25) is 0 Å². The summed E-state index contributed by atoms with van der Waals surface area (Å²) in [5.41, 5.74) is 4.89. The molecule has 0 aromatic heterocycles. The topological polar surface area (TPSA) is 9.23 Å². The van der Waals surface area contributed by atoms with E-state index in [-0.39, 0.29) is 0 Å². The van der Waals surface area contributed by atoms with E-state index in [4.69, 9.17) is 4.74 Å². The second kappa shape index (κ2) is 6.42. The molecular weight excluding hydrogens is 244 g/mol. The van der Waals surface area contributed by atoms with Gasteiger partial charge in [-0.05, 0) is 61.6 Å². The first kappa shape index (κ1) is 14.4. The molecule has 0 saturated carbocycles. The molecule has 0 amide bonds. The molecule has 0 aliphatic carbocycles. The van der Waals surface area contributed by atoms with Crippen LogP contribution in [0.1, 0.15) is 37.0 Å². The van der Waals surface area contributed by atoms with Crippen LogP contribution in [0.3, 0.4) is 0 Å². The zero-order chi connectivity index (χ0) is 14.5. The molecule has 0 bridgehead atoms. The van der Waals surface area contributed by atoms with Gasteiger partial charge in [0.25, 0.3) is 0 Å². The minimum atomic E-state index is 0.922. The zero-order valence-electron chi connectivity index (χ0n) is 12.7. The average Bonchev–Trinajstić information content (AvgIpc) is 2.46. The highest BCUT2D eigenvalue weighted by Gasteiger charge is 2.07. The van der Waals surface area contributed by atoms with Crippen LogP contribution in [0.4, 0.5) is 0 Å². The number of hydrogen-bond acceptors (Lipinski definition) is 1. The van der Waals surface area contributed by atoms with Crippen LogP contribution in [0.15, 0.2) is 48.5 Å². The van der Waals surface area contributed by atoms with Crippen molar-refractivity contribution < 1.29 is 4.74 Å². The Morgan fingerprint density at radius 2 is 1.70 bits per heavy atom. The van der Waals surface area contributed by atoms with Crippen molar-refractivity contribution in [3.05, 3.63) is 65.2 Å². The number of rotatable bonds is 4. The molecule has 2 rings (SSSR count). The van der Waals surface area contributed by atoms with Crippen molar-refractivity contribution in [2.75, 3.05) is 0 Å². The summed E-state index contributed by atoms with van der Waals surface area (Å²) in [6, 6.07) is 14.5. The summed E-state index contributed by atoms with van der Waals surface area (Å²) < 4.78 is 6.09. The predicted octanol–water partition coefficient (Wildman–Crippen LogP) is 5.91. The van der Waals surface area contributed by atoms with Crippen molar-refractivity contribution in [3.63, 3.8) is 0 Å². The molecule has 104 valence electrons. The Bertz CT molecular complexity index is 623. The van der Waals surface area contributed by atoms with Crippen LogP contribution in [0.5, 0.6) is 11.5 Å². The number of para-hydroxylation sites is 1. The van der Waals surface area contributed by atoms with E-state index in [1.165, 1.54) is 11.1 Å². The van der Waals surface area contributed by atoms with Crippen LogP contribution in [0.25, 0.3) is 5.57 Å². The fourth-order valence-corrected chi connectivity index (χ4v) is 2.27. The van der Waals surface area contributed by atoms with Gasteiger partial charge in [0.2, 0.25) is 0 Å². The highest BCUT2D eigenvalue weighted by Crippen LogP contribution is 2.30. The lowest BCUT2D eigenvalue weighted by Crippen LogP contribution is -1.92. The number of benzene rings is 2. The molecule has 0 fully saturated rings. The molecule has 0 aliphatic rings. The van der Waals surface area contributed by atoms with Crippen LogP contribution >= 0.6 is 0 Å². The first-order valence-corrected chi connectivity index (χ1v) is 7.15. The summed E-state index contributed by atoms with van der Waals surface area (Å²) in [4.78, 5) is 0. The zero-order valence-corrected chi connectivity index (χ0v) is 12.7. The molecule has 0 N–H and O–H groups in total. The van der Waals surface area contributed by atoms with Crippen LogP contribution in [0, 0.1) is 13.8 Å². The van der Waals surface area contributed by atoms with Gasteiger partial charge in [0.1, 0.15) is 11.5 Å². The highest BCUT2D eigenvalue weighted by molar-refractivity contribution is 5.67. The van der Waals surface area contributed by atoms with Gasteiger partial charge in [-0.25, -0.2) is 0 Å². The fraction of sp³-hybridized carbons (Fsp3) is 0.263. The number of ether oxygens (including phenoxy) is 1. The molecule has 0 heterocycles. The van der Waals surface area contributed by atoms with Gasteiger partial charge < -0.3 is 4.74 Å². The van der Waals surface area contributed by atoms with E-state index in [1.54, 1.807) is 0 Å². The molecular formula is C19H22O. The first-order chi connectivity index (χ1) is 9.65. The Kier molecular flexibility index (Phi) is 4.62. The molecule has 0 atom stereocenters. The standard InChI is InChI=1S/C19H22O/c1-5-16(6-2)17-12-11-15(4)19(13-17)20-18-10-8-7-9-14(18)3/h5,7-13H,6H2,1-4H3/b16-5+. The Balaban J connectivity index is 2.37. The van der Waals surface area contributed by atoms with Crippen LogP contribution in [-0.4, -0.2) is 0 Å². The third-order valence-corrected chi connectivity index (χ3v) is 3.60. The van der Waals surface area contributed by atoms with Gasteiger partial charge in [-0.2, -0.15) is 0 Å². The van der Waals surface area contributed by atoms with Crippen LogP contribution in [0.2, 0.25) is 0 Å². The third-order valence-electron chi connectivity index (χ3n) is 3.60. The second-order valence-electron chi connectivity index (χ2n) is 5.02. The fourth-order valence-electron chi connectivity index (χ4n) is 2.27. The lowest BCUT2D eigenvalue weighted by atomic mass is 10.0. The quantitative estimate of drug-likeness (QED) is 0.668. The van der Waals surface area contributed by atoms with Crippen molar-refractivity contribution in [1.82, 2.24) is 0 Å². The number of allylic oxidation sites excluding steroid dienone is 2. The minimum absolute atomic E-state index is 0.922. The molecule has 0 unspecified atom stereocenters. The maximum Gasteiger partial charge on any atom is 0.130 e. The van der Waals surface area contributed by atoms with E-state index in [0.717, 1.165) is 29.0 Å². The molecule has 1 nitrogen and oxygen atoms in total. The summed E-state index contributed by atoms with van der Waals surface area (Å²) in [5.74, 6) is 1.86. The van der Waals surface area contributed by atoms with Gasteiger partial charge in [0.05, 0.1) is 0 Å². The molecule has 0 radical (unpaired) electrons. The summed E-state index contributed by atoms with van der Waals surface area (Å²) >= 11 is 0. The number of hydrogen-bond donors (Lipinski definition) is 0. The molecule has 1 heteroatoms. The molecule has 2 aromatic carbocycles. The molecule has 20 heavy (non-hydrogen) atoms. The Hall–Kier alpha value is -2.02. The van der Waals surface area contributed by atoms with E-state index < -0.39 is 0 Å². The Morgan fingerprint density at radius 3 is 2.35 bits per heavy atom. The average molecular weight is 266 g/mol. The second-order valence-corrected chi connectivity index (χ2v) is 5.02. The summed E-state index contributed by atoms with van der Waals surface area (Å²) in [6.07, 6.45) is 3.20. The highest BCUT2D eigenvalue weighted by atomic mass is 16.5. The van der Waals surface area contributed by atoms with E-state index in [0.29, 0.717) is 0 Å². The Labute approximate surface area is 121 Å². The van der Waals surface area contributed by atoms with Gasteiger partial charge >= 0.3 is 0 Å². The van der Waals surface area contributed by atoms with Crippen molar-refractivity contribution >= 4 is 5.57 Å². The predicted molar refractivity (Wildman–Crippen MR) is 86.4 cm³/mol. The first-order valence-electron chi connectivity index (χ1n) is 7.15. The normalized spacial score (nSPS) is 11.5. The Morgan fingerprint density at radius 1 is 1.00 bits per heavy atom. The van der Waals surface area contributed by atoms with Gasteiger partial charge in [0, 0.05) is 0 Å². The van der Waals surface area contributed by atoms with Gasteiger partial charge in [-0.1, -0.05) is 43.3 Å². The van der Waals surface area contributed by atoms with E-state index in [2.05, 4.69) is 58.0 Å². The van der Waals surface area contributed by atoms with Gasteiger partial charge in [-0.15, -0.1) is 0 Å². The summed E-state index contributed by atoms with van der Waals surface area (Å²) in [5, 5.41) is 0. The van der Waals surface area contributed by atoms with Gasteiger partial charge in [0.15, 0.2) is 0 Å².